The maximum absolute atomic E-state index is 13.1. The van der Waals surface area contributed by atoms with Crippen molar-refractivity contribution in [1.29, 1.82) is 0 Å². The van der Waals surface area contributed by atoms with Gasteiger partial charge in [0.05, 0.1) is 88.3 Å². The molecule has 8 N–H and O–H groups in total. The molecular formula is C107H127F11Ir4N8O8-4. The molecule has 12 rings (SSSR count). The van der Waals surface area contributed by atoms with Crippen molar-refractivity contribution >= 4 is 0 Å². The van der Waals surface area contributed by atoms with Crippen molar-refractivity contribution in [3.63, 3.8) is 0 Å². The molecule has 16 nitrogen and oxygen atoms in total. The third-order valence-corrected chi connectivity index (χ3v) is 20.9. The maximum Gasteiger partial charge on any atom is 0.414 e. The van der Waals surface area contributed by atoms with Crippen LogP contribution in [0.15, 0.2) is 195 Å². The monoisotopic (exact) mass is 2630 g/mol. The normalized spacial score (nSPS) is 13.1. The average Bonchev–Trinajstić information content (AvgIpc) is 0.814. The minimum Gasteiger partial charge on any atom is -0.393 e. The number of nitrogens with zero attached hydrogens (tertiary/aromatic N) is 8. The van der Waals surface area contributed by atoms with Crippen LogP contribution < -0.4 is 0 Å². The van der Waals surface area contributed by atoms with Crippen LogP contribution in [0.2, 0.25) is 0 Å². The summed E-state index contributed by atoms with van der Waals surface area (Å²) in [6.07, 6.45) is -3.48. The van der Waals surface area contributed by atoms with Crippen LogP contribution in [0.1, 0.15) is 180 Å². The Morgan fingerprint density at radius 3 is 0.558 bits per heavy atom. The van der Waals surface area contributed by atoms with Crippen LogP contribution in [0, 0.1) is 137 Å². The SMILES string of the molecule is CC(C)(C)C(O)CC(O)C(C)(C)C.CC(C)(C)C(O)CC(O)C(C)(C)C.CC(C)(C)C(O)CC(O)C(F)(F)F.CC(C)C(O)CC(O)C(C)C.Cc1cnc(-c2[c-]cc(F)cc2)c(-c2ccc(F)cc2)n1.Cc1cnc(-c2[c-]cc(F)cc2)c(-c2ccc(F)cc2)n1.Cc1cnc(-c2[c-]cc(F)cc2)c(-c2ccc(F)cc2)n1.Cc1cnc(-c2[c-]cc(F)cc2)c(-c2ccc(F)cc2)n1.[Ir].[Ir].[Ir].[Ir]. The van der Waals surface area contributed by atoms with Gasteiger partial charge in [-0.25, -0.2) is 17.6 Å². The van der Waals surface area contributed by atoms with Gasteiger partial charge in [0.25, 0.3) is 0 Å². The van der Waals surface area contributed by atoms with Crippen LogP contribution in [0.25, 0.3) is 90.1 Å². The zero-order valence-electron chi connectivity index (χ0n) is 81.7. The van der Waals surface area contributed by atoms with E-state index in [0.717, 1.165) is 45.0 Å². The molecule has 4 radical (unpaired) electrons. The molecule has 8 aromatic carbocycles. The van der Waals surface area contributed by atoms with E-state index in [4.69, 9.17) is 5.11 Å². The topological polar surface area (TPSA) is 265 Å². The Labute approximate surface area is 860 Å². The summed E-state index contributed by atoms with van der Waals surface area (Å²) in [5.41, 5.74) is 12.2. The molecule has 0 aliphatic heterocycles. The van der Waals surface area contributed by atoms with E-state index in [2.05, 4.69) is 64.1 Å². The Morgan fingerprint density at radius 2 is 0.413 bits per heavy atom. The Hall–Kier alpha value is -8.41. The van der Waals surface area contributed by atoms with Crippen molar-refractivity contribution < 1.29 is 170 Å². The summed E-state index contributed by atoms with van der Waals surface area (Å²) >= 11 is 0. The molecule has 0 aliphatic carbocycles. The van der Waals surface area contributed by atoms with Crippen molar-refractivity contribution in [2.45, 2.75) is 240 Å². The van der Waals surface area contributed by atoms with Gasteiger partial charge in [-0.2, -0.15) is 13.2 Å². The van der Waals surface area contributed by atoms with Gasteiger partial charge < -0.3 is 60.8 Å². The summed E-state index contributed by atoms with van der Waals surface area (Å²) in [6.45, 7) is 43.7. The number of aliphatic hydroxyl groups is 8. The van der Waals surface area contributed by atoms with Gasteiger partial charge in [0, 0.05) is 171 Å². The third kappa shape index (κ3) is 44.0. The van der Waals surface area contributed by atoms with Crippen molar-refractivity contribution in [2.24, 2.45) is 38.9 Å². The minimum absolute atomic E-state index is 0. The van der Waals surface area contributed by atoms with Crippen molar-refractivity contribution in [3.05, 3.63) is 288 Å². The second-order valence-electron chi connectivity index (χ2n) is 38.6. The van der Waals surface area contributed by atoms with E-state index in [1.807, 2.05) is 138 Å². The zero-order chi connectivity index (χ0) is 101. The van der Waals surface area contributed by atoms with Crippen molar-refractivity contribution in [3.8, 4) is 90.1 Å². The van der Waals surface area contributed by atoms with Gasteiger partial charge in [0.1, 0.15) is 23.3 Å². The molecule has 4 aromatic heterocycles. The summed E-state index contributed by atoms with van der Waals surface area (Å²) in [7, 11) is 0. The summed E-state index contributed by atoms with van der Waals surface area (Å²) in [5, 5.41) is 75.7. The van der Waals surface area contributed by atoms with Gasteiger partial charge in [-0.05, 0) is 144 Å². The molecular weight excluding hydrogens is 2500 g/mol. The molecule has 0 amide bonds. The predicted molar refractivity (Wildman–Crippen MR) is 505 cm³/mol. The first-order valence-corrected chi connectivity index (χ1v) is 43.7. The molecule has 0 aliphatic rings. The number of halogens is 11. The average molecular weight is 2630 g/mol. The van der Waals surface area contributed by atoms with Crippen LogP contribution in [-0.4, -0.2) is 136 Å². The van der Waals surface area contributed by atoms with E-state index in [0.29, 0.717) is 87.1 Å². The molecule has 0 fully saturated rings. The summed E-state index contributed by atoms with van der Waals surface area (Å²) in [4.78, 5) is 35.4. The number of alkyl halides is 3. The Morgan fingerprint density at radius 1 is 0.246 bits per heavy atom. The second kappa shape index (κ2) is 58.2. The molecule has 760 valence electrons. The fourth-order valence-electron chi connectivity index (χ4n) is 11.5. The van der Waals surface area contributed by atoms with E-state index in [-0.39, 0.29) is 173 Å². The summed E-state index contributed by atoms with van der Waals surface area (Å²) < 4.78 is 140. The number of aryl methyl sites for hydroxylation is 4. The fraction of sp³-hybridized carbons (Fsp3) is 0.402. The van der Waals surface area contributed by atoms with E-state index in [1.54, 1.807) is 118 Å². The summed E-state index contributed by atoms with van der Waals surface area (Å²) in [5.74, 6) is -2.20. The predicted octanol–water partition coefficient (Wildman–Crippen LogP) is 24.3. The van der Waals surface area contributed by atoms with Gasteiger partial charge >= 0.3 is 6.18 Å². The molecule has 31 heteroatoms. The molecule has 8 atom stereocenters. The standard InChI is InChI=1S/4C17H11F2N2.2C11H24O2.C9H20O2.C8H15F3O2.4Ir/c4*1-11-10-20-16(12-2-6-14(18)7-3-12)17(21-11)13-4-8-15(19)9-5-13;2*1-10(2,3)8(12)7-9(13)11(4,5)6;1-6(2)8(10)5-9(11)7(3)4;1-7(2,3)5(12)4-6(13)8(9,10)11;;;;/h4*2,4-10H,1H3;2*8-9,12-13H,7H2,1-6H3;6-11H,5H2,1-4H3;5-6,12-13H,4H2,1-3H3;;;;/q4*-1;;;;;;;;. The molecule has 12 aromatic rings. The second-order valence-corrected chi connectivity index (χ2v) is 38.6. The minimum atomic E-state index is -4.65. The molecule has 0 spiro atoms. The van der Waals surface area contributed by atoms with Gasteiger partial charge in [-0.3, -0.25) is 37.5 Å². The molecule has 8 unspecified atom stereocenters. The number of hydrogen-bond acceptors (Lipinski definition) is 16. The third-order valence-electron chi connectivity index (χ3n) is 20.9. The Kier molecular flexibility index (Phi) is 53.8. The first-order chi connectivity index (χ1) is 62.1. The van der Waals surface area contributed by atoms with E-state index >= 15 is 0 Å². The number of benzene rings is 8. The van der Waals surface area contributed by atoms with Crippen LogP contribution >= 0.6 is 0 Å². The van der Waals surface area contributed by atoms with E-state index in [9.17, 15) is 84.0 Å². The van der Waals surface area contributed by atoms with Crippen LogP contribution in [0.3, 0.4) is 0 Å². The Bertz CT molecular complexity index is 4840. The van der Waals surface area contributed by atoms with Gasteiger partial charge in [0.2, 0.25) is 0 Å². The van der Waals surface area contributed by atoms with Gasteiger partial charge in [-0.15, -0.1) is 119 Å². The molecule has 138 heavy (non-hydrogen) atoms. The maximum atomic E-state index is 13.1. The van der Waals surface area contributed by atoms with Gasteiger partial charge in [-0.1, -0.05) is 180 Å². The first-order valence-electron chi connectivity index (χ1n) is 43.7. The van der Waals surface area contributed by atoms with Crippen LogP contribution in [0.4, 0.5) is 48.3 Å². The molecule has 0 saturated heterocycles. The summed E-state index contributed by atoms with van der Waals surface area (Å²) in [6, 6.07) is 52.3. The Balaban J connectivity index is 0.000000796. The largest absolute Gasteiger partial charge is 0.414 e. The van der Waals surface area contributed by atoms with Crippen molar-refractivity contribution in [2.75, 3.05) is 0 Å². The molecule has 0 bridgehead atoms. The number of hydrogen-bond donors (Lipinski definition) is 8. The number of aromatic nitrogens is 8. The zero-order valence-corrected chi connectivity index (χ0v) is 91.3. The van der Waals surface area contributed by atoms with Crippen LogP contribution in [-0.2, 0) is 80.4 Å². The molecule has 4 heterocycles. The fourth-order valence-corrected chi connectivity index (χ4v) is 11.5. The van der Waals surface area contributed by atoms with E-state index < -0.39 is 54.6 Å². The first kappa shape index (κ1) is 128. The van der Waals surface area contributed by atoms with E-state index in [1.165, 1.54) is 97.1 Å². The number of aliphatic hydroxyl groups excluding tert-OH is 8. The van der Waals surface area contributed by atoms with Crippen LogP contribution in [0.5, 0.6) is 0 Å². The quantitative estimate of drug-likeness (QED) is 0.0293. The van der Waals surface area contributed by atoms with Gasteiger partial charge in [0.15, 0.2) is 6.10 Å². The smallest absolute Gasteiger partial charge is 0.393 e. The molecule has 0 saturated carbocycles. The number of rotatable bonds is 18. The van der Waals surface area contributed by atoms with Crippen molar-refractivity contribution in [1.82, 2.24) is 39.9 Å².